The third-order valence-electron chi connectivity index (χ3n) is 5.89. The maximum absolute atomic E-state index is 13.1. The zero-order valence-corrected chi connectivity index (χ0v) is 21.3. The largest absolute Gasteiger partial charge is 0.386 e. The van der Waals surface area contributed by atoms with Gasteiger partial charge < -0.3 is 25.4 Å². The van der Waals surface area contributed by atoms with Crippen molar-refractivity contribution in [2.45, 2.75) is 52.0 Å². The van der Waals surface area contributed by atoms with Crippen molar-refractivity contribution in [1.82, 2.24) is 10.2 Å². The number of nitrogens with zero attached hydrogens (tertiary/aromatic N) is 1. The molecule has 7 nitrogen and oxygen atoms in total. The second-order valence-corrected chi connectivity index (χ2v) is 10.3. The molecular formula is C25H31Cl2N3O4. The number of nitrogens with one attached hydrogen (secondary N) is 2. The summed E-state index contributed by atoms with van der Waals surface area (Å²) in [6.45, 7) is 6.34. The number of carbonyl (C=O) groups excluding carboxylic acids is 2. The minimum absolute atomic E-state index is 0.0295. The molecule has 2 aromatic carbocycles. The molecule has 0 aromatic heterocycles. The Kier molecular flexibility index (Phi) is 8.47. The predicted molar refractivity (Wildman–Crippen MR) is 134 cm³/mol. The second-order valence-electron chi connectivity index (χ2n) is 9.49. The molecule has 0 bridgehead atoms. The lowest BCUT2D eigenvalue weighted by molar-refractivity contribution is -0.128. The first kappa shape index (κ1) is 26.3. The van der Waals surface area contributed by atoms with E-state index in [2.05, 4.69) is 10.6 Å². The number of methoxy groups -OCH3 is 1. The van der Waals surface area contributed by atoms with Crippen LogP contribution in [0, 0.1) is 5.41 Å². The van der Waals surface area contributed by atoms with Gasteiger partial charge in [0.05, 0.1) is 28.3 Å². The van der Waals surface area contributed by atoms with Crippen LogP contribution in [0.1, 0.15) is 44.4 Å². The van der Waals surface area contributed by atoms with Crippen molar-refractivity contribution in [3.63, 3.8) is 0 Å². The van der Waals surface area contributed by atoms with Crippen LogP contribution < -0.4 is 10.6 Å². The smallest absolute Gasteiger partial charge is 0.322 e. The van der Waals surface area contributed by atoms with E-state index in [1.807, 2.05) is 32.9 Å². The van der Waals surface area contributed by atoms with E-state index in [1.165, 1.54) is 0 Å². The summed E-state index contributed by atoms with van der Waals surface area (Å²) in [6, 6.07) is 11.4. The molecule has 9 heteroatoms. The van der Waals surface area contributed by atoms with Crippen LogP contribution in [-0.2, 0) is 16.1 Å². The summed E-state index contributed by atoms with van der Waals surface area (Å²) in [5.74, 6) is -0.0295. The average molecular weight is 508 g/mol. The van der Waals surface area contributed by atoms with Crippen molar-refractivity contribution in [1.29, 1.82) is 0 Å². The van der Waals surface area contributed by atoms with Crippen molar-refractivity contribution in [2.75, 3.05) is 19.0 Å². The molecule has 3 atom stereocenters. The molecular weight excluding hydrogens is 477 g/mol. The second kappa shape index (κ2) is 11.0. The number of aliphatic hydroxyl groups is 1. The maximum Gasteiger partial charge on any atom is 0.322 e. The van der Waals surface area contributed by atoms with Gasteiger partial charge in [0.2, 0.25) is 5.91 Å². The van der Waals surface area contributed by atoms with E-state index < -0.39 is 17.6 Å². The van der Waals surface area contributed by atoms with Gasteiger partial charge in [0.25, 0.3) is 0 Å². The molecule has 184 valence electrons. The first-order valence-electron chi connectivity index (χ1n) is 11.1. The van der Waals surface area contributed by atoms with E-state index in [9.17, 15) is 14.7 Å². The molecule has 3 rings (SSSR count). The molecule has 3 amide bonds. The lowest BCUT2D eigenvalue weighted by atomic mass is 9.95. The van der Waals surface area contributed by atoms with E-state index in [1.54, 1.807) is 42.3 Å². The Hall–Kier alpha value is -2.32. The Morgan fingerprint density at radius 1 is 1.15 bits per heavy atom. The third-order valence-corrected chi connectivity index (χ3v) is 6.63. The van der Waals surface area contributed by atoms with E-state index in [0.29, 0.717) is 40.8 Å². The number of hydrogen-bond acceptors (Lipinski definition) is 4. The van der Waals surface area contributed by atoms with Crippen molar-refractivity contribution in [2.24, 2.45) is 5.41 Å². The Bertz CT molecular complexity index is 1020. The lowest BCUT2D eigenvalue weighted by Gasteiger charge is -2.29. The first-order valence-corrected chi connectivity index (χ1v) is 11.9. The zero-order chi connectivity index (χ0) is 25.0. The van der Waals surface area contributed by atoms with Crippen molar-refractivity contribution in [3.8, 4) is 0 Å². The molecule has 0 saturated carbocycles. The number of anilines is 1. The lowest BCUT2D eigenvalue weighted by Crippen LogP contribution is -2.42. The molecule has 0 spiro atoms. The van der Waals surface area contributed by atoms with E-state index in [-0.39, 0.29) is 18.0 Å². The number of urea groups is 1. The van der Waals surface area contributed by atoms with Gasteiger partial charge in [-0.15, -0.1) is 0 Å². The Balaban J connectivity index is 1.67. The summed E-state index contributed by atoms with van der Waals surface area (Å²) in [6.07, 6.45) is -0.658. The average Bonchev–Trinajstić information content (AvgIpc) is 3.24. The molecule has 0 aliphatic carbocycles. The molecule has 3 unspecified atom stereocenters. The highest BCUT2D eigenvalue weighted by atomic mass is 35.5. The summed E-state index contributed by atoms with van der Waals surface area (Å²) in [7, 11) is 1.59. The fraction of sp³-hybridized carbons (Fsp3) is 0.440. The standard InChI is InChI=1S/C25H31Cl2N3O4/c1-25(2,3)23(32)28-13-15-5-8-17(9-6-15)29-24(33)30-14-18(34-4)12-21(30)22(31)16-7-10-19(26)20(27)11-16/h5-11,18,21-22,31H,12-14H2,1-4H3,(H,28,32)(H,29,33). The van der Waals surface area contributed by atoms with Gasteiger partial charge in [-0.1, -0.05) is 62.2 Å². The summed E-state index contributed by atoms with van der Waals surface area (Å²) in [5.41, 5.74) is 1.65. The van der Waals surface area contributed by atoms with Gasteiger partial charge in [-0.25, -0.2) is 4.79 Å². The molecule has 1 heterocycles. The minimum Gasteiger partial charge on any atom is -0.386 e. The fourth-order valence-corrected chi connectivity index (χ4v) is 4.10. The number of amides is 3. The quantitative estimate of drug-likeness (QED) is 0.512. The highest BCUT2D eigenvalue weighted by Gasteiger charge is 2.40. The summed E-state index contributed by atoms with van der Waals surface area (Å²) in [5, 5.41) is 17.5. The van der Waals surface area contributed by atoms with Crippen LogP contribution in [0.3, 0.4) is 0 Å². The summed E-state index contributed by atoms with van der Waals surface area (Å²) >= 11 is 12.1. The number of benzene rings is 2. The monoisotopic (exact) mass is 507 g/mol. The number of halogens is 2. The molecule has 2 aromatic rings. The fourth-order valence-electron chi connectivity index (χ4n) is 3.80. The summed E-state index contributed by atoms with van der Waals surface area (Å²) in [4.78, 5) is 26.7. The van der Waals surface area contributed by atoms with Gasteiger partial charge in [-0.05, 0) is 41.8 Å². The van der Waals surface area contributed by atoms with Crippen LogP contribution in [0.2, 0.25) is 10.0 Å². The van der Waals surface area contributed by atoms with Gasteiger partial charge in [0.15, 0.2) is 0 Å². The number of hydrogen-bond donors (Lipinski definition) is 3. The Morgan fingerprint density at radius 3 is 2.41 bits per heavy atom. The van der Waals surface area contributed by atoms with Gasteiger partial charge in [-0.3, -0.25) is 4.79 Å². The maximum atomic E-state index is 13.1. The van der Waals surface area contributed by atoms with Gasteiger partial charge >= 0.3 is 6.03 Å². The predicted octanol–water partition coefficient (Wildman–Crippen LogP) is 5.01. The Morgan fingerprint density at radius 2 is 1.82 bits per heavy atom. The first-order chi connectivity index (χ1) is 16.0. The number of rotatable bonds is 6. The Labute approximate surface area is 210 Å². The van der Waals surface area contributed by atoms with Crippen LogP contribution in [0.4, 0.5) is 10.5 Å². The molecule has 1 aliphatic heterocycles. The van der Waals surface area contributed by atoms with E-state index in [0.717, 1.165) is 5.56 Å². The van der Waals surface area contributed by atoms with Gasteiger partial charge in [0.1, 0.15) is 0 Å². The van der Waals surface area contributed by atoms with Crippen molar-refractivity contribution in [3.05, 3.63) is 63.6 Å². The molecule has 34 heavy (non-hydrogen) atoms. The van der Waals surface area contributed by atoms with Gasteiger partial charge in [-0.2, -0.15) is 0 Å². The SMILES string of the molecule is COC1CC(C(O)c2ccc(Cl)c(Cl)c2)N(C(=O)Nc2ccc(CNC(=O)C(C)(C)C)cc2)C1. The van der Waals surface area contributed by atoms with Crippen LogP contribution in [0.5, 0.6) is 0 Å². The van der Waals surface area contributed by atoms with Gasteiger partial charge in [0, 0.05) is 31.3 Å². The highest BCUT2D eigenvalue weighted by Crippen LogP contribution is 2.34. The minimum atomic E-state index is -0.950. The highest BCUT2D eigenvalue weighted by molar-refractivity contribution is 6.42. The number of aliphatic hydroxyl groups excluding tert-OH is 1. The normalized spacial score (nSPS) is 19.1. The number of ether oxygens (including phenoxy) is 1. The van der Waals surface area contributed by atoms with Crippen molar-refractivity contribution >= 4 is 40.8 Å². The zero-order valence-electron chi connectivity index (χ0n) is 19.8. The number of likely N-dealkylation sites (tertiary alicyclic amines) is 1. The van der Waals surface area contributed by atoms with Crippen LogP contribution in [0.25, 0.3) is 0 Å². The summed E-state index contributed by atoms with van der Waals surface area (Å²) < 4.78 is 5.47. The number of carbonyl (C=O) groups is 2. The third kappa shape index (κ3) is 6.42. The molecule has 3 N–H and O–H groups in total. The molecule has 1 saturated heterocycles. The van der Waals surface area contributed by atoms with Crippen LogP contribution >= 0.6 is 23.2 Å². The van der Waals surface area contributed by atoms with Crippen LogP contribution in [0.15, 0.2) is 42.5 Å². The molecule has 1 fully saturated rings. The molecule has 1 aliphatic rings. The van der Waals surface area contributed by atoms with Crippen LogP contribution in [-0.4, -0.2) is 47.7 Å². The van der Waals surface area contributed by atoms with E-state index in [4.69, 9.17) is 27.9 Å². The van der Waals surface area contributed by atoms with Crippen molar-refractivity contribution < 1.29 is 19.4 Å². The molecule has 0 radical (unpaired) electrons. The van der Waals surface area contributed by atoms with E-state index >= 15 is 0 Å². The topological polar surface area (TPSA) is 90.9 Å².